The number of anilines is 5. The zero-order valence-electron chi connectivity index (χ0n) is 13.0. The lowest BCUT2D eigenvalue weighted by Crippen LogP contribution is -2.05. The number of halogens is 1. The summed E-state index contributed by atoms with van der Waals surface area (Å²) >= 11 is 5.89. The van der Waals surface area contributed by atoms with Gasteiger partial charge in [-0.15, -0.1) is 0 Å². The van der Waals surface area contributed by atoms with Gasteiger partial charge in [0.2, 0.25) is 0 Å². The highest BCUT2D eigenvalue weighted by atomic mass is 35.5. The van der Waals surface area contributed by atoms with Crippen LogP contribution in [0.25, 0.3) is 0 Å². The van der Waals surface area contributed by atoms with Gasteiger partial charge in [-0.05, 0) is 36.4 Å². The Kier molecular flexibility index (Phi) is 4.67. The number of nitrogens with one attached hydrogen (secondary N) is 2. The first-order valence-electron chi connectivity index (χ1n) is 7.20. The molecule has 6 nitrogen and oxygen atoms in total. The van der Waals surface area contributed by atoms with Crippen molar-refractivity contribution in [1.29, 1.82) is 0 Å². The van der Waals surface area contributed by atoms with Crippen LogP contribution in [0.4, 0.5) is 28.7 Å². The van der Waals surface area contributed by atoms with E-state index < -0.39 is 0 Å². The molecule has 0 aliphatic rings. The van der Waals surface area contributed by atoms with E-state index in [-0.39, 0.29) is 0 Å². The fourth-order valence-corrected chi connectivity index (χ4v) is 2.23. The number of hydrogen-bond acceptors (Lipinski definition) is 6. The topological polar surface area (TPSA) is 85.1 Å². The van der Waals surface area contributed by atoms with E-state index in [1.54, 1.807) is 19.2 Å². The minimum Gasteiger partial charge on any atom is -0.497 e. The highest BCUT2D eigenvalue weighted by Gasteiger charge is 2.09. The third kappa shape index (κ3) is 3.67. The van der Waals surface area contributed by atoms with Gasteiger partial charge in [-0.2, -0.15) is 0 Å². The lowest BCUT2D eigenvalue weighted by Gasteiger charge is -2.13. The number of methoxy groups -OCH3 is 1. The van der Waals surface area contributed by atoms with Crippen LogP contribution in [0.3, 0.4) is 0 Å². The predicted octanol–water partition coefficient (Wildman–Crippen LogP) is 4.21. The van der Waals surface area contributed by atoms with Crippen molar-refractivity contribution >= 4 is 40.3 Å². The zero-order chi connectivity index (χ0) is 16.9. The number of aromatic nitrogens is 2. The van der Waals surface area contributed by atoms with E-state index >= 15 is 0 Å². The summed E-state index contributed by atoms with van der Waals surface area (Å²) in [4.78, 5) is 8.38. The smallest absolute Gasteiger partial charge is 0.159 e. The van der Waals surface area contributed by atoms with Crippen LogP contribution in [0, 0.1) is 0 Å². The first-order chi connectivity index (χ1) is 11.7. The molecule has 1 heterocycles. The number of nitrogens with zero attached hydrogens (tertiary/aromatic N) is 2. The number of rotatable bonds is 5. The Balaban J connectivity index is 1.83. The molecule has 2 aromatic carbocycles. The summed E-state index contributed by atoms with van der Waals surface area (Å²) in [5.41, 5.74) is 8.23. The predicted molar refractivity (Wildman–Crippen MR) is 97.5 cm³/mol. The van der Waals surface area contributed by atoms with Gasteiger partial charge < -0.3 is 21.1 Å². The van der Waals surface area contributed by atoms with Gasteiger partial charge in [0.1, 0.15) is 17.8 Å². The second-order valence-electron chi connectivity index (χ2n) is 4.97. The molecule has 0 aliphatic carbocycles. The number of nitrogen functional groups attached to an aromatic ring is 1. The molecule has 3 aromatic rings. The maximum Gasteiger partial charge on any atom is 0.159 e. The van der Waals surface area contributed by atoms with Gasteiger partial charge >= 0.3 is 0 Å². The molecule has 0 amide bonds. The average molecular weight is 342 g/mol. The summed E-state index contributed by atoms with van der Waals surface area (Å²) in [6.07, 6.45) is 1.44. The molecule has 0 bridgehead atoms. The minimum absolute atomic E-state index is 0.412. The normalized spacial score (nSPS) is 10.2. The third-order valence-corrected chi connectivity index (χ3v) is 3.58. The maximum absolute atomic E-state index is 6.17. The summed E-state index contributed by atoms with van der Waals surface area (Å²) in [6.45, 7) is 0. The summed E-state index contributed by atoms with van der Waals surface area (Å²) in [6, 6.07) is 14.8. The molecule has 0 spiro atoms. The van der Waals surface area contributed by atoms with E-state index in [4.69, 9.17) is 22.1 Å². The standard InChI is InChI=1S/C17H16ClN5O/c1-24-14-4-2-3-13(9-14)23-17-15(19)16(20-10-21-17)22-12-7-5-11(18)6-8-12/h2-10H,19H2,1H3,(H2,20,21,22,23). The summed E-state index contributed by atoms with van der Waals surface area (Å²) in [5.74, 6) is 1.76. The Bertz CT molecular complexity index is 839. The number of hydrogen-bond donors (Lipinski definition) is 3. The minimum atomic E-state index is 0.412. The molecule has 0 atom stereocenters. The van der Waals surface area contributed by atoms with Crippen LogP contribution in [-0.2, 0) is 0 Å². The molecular formula is C17H16ClN5O. The number of benzene rings is 2. The average Bonchev–Trinajstić information content (AvgIpc) is 2.60. The Morgan fingerprint density at radius 1 is 0.958 bits per heavy atom. The van der Waals surface area contributed by atoms with Crippen LogP contribution in [0.2, 0.25) is 5.02 Å². The van der Waals surface area contributed by atoms with E-state index in [0.29, 0.717) is 22.3 Å². The van der Waals surface area contributed by atoms with Crippen molar-refractivity contribution in [1.82, 2.24) is 9.97 Å². The van der Waals surface area contributed by atoms with Gasteiger partial charge in [-0.3, -0.25) is 0 Å². The van der Waals surface area contributed by atoms with E-state index in [2.05, 4.69) is 20.6 Å². The Hall–Kier alpha value is -2.99. The lowest BCUT2D eigenvalue weighted by molar-refractivity contribution is 0.415. The van der Waals surface area contributed by atoms with Crippen molar-refractivity contribution in [2.24, 2.45) is 0 Å². The molecule has 1 aromatic heterocycles. The van der Waals surface area contributed by atoms with Crippen molar-refractivity contribution in [2.45, 2.75) is 0 Å². The number of nitrogens with two attached hydrogens (primary N) is 1. The first-order valence-corrected chi connectivity index (χ1v) is 7.57. The third-order valence-electron chi connectivity index (χ3n) is 3.32. The van der Waals surface area contributed by atoms with Gasteiger partial charge in [0, 0.05) is 22.5 Å². The molecule has 24 heavy (non-hydrogen) atoms. The molecule has 0 aliphatic heterocycles. The Labute approximate surface area is 144 Å². The van der Waals surface area contributed by atoms with Crippen LogP contribution in [0.1, 0.15) is 0 Å². The molecule has 3 rings (SSSR count). The molecular weight excluding hydrogens is 326 g/mol. The summed E-state index contributed by atoms with van der Waals surface area (Å²) in [5, 5.41) is 6.98. The molecule has 0 saturated heterocycles. The second kappa shape index (κ2) is 7.06. The lowest BCUT2D eigenvalue weighted by atomic mass is 10.3. The van der Waals surface area contributed by atoms with Crippen molar-refractivity contribution in [3.63, 3.8) is 0 Å². The first kappa shape index (κ1) is 15.9. The van der Waals surface area contributed by atoms with Crippen LogP contribution < -0.4 is 21.1 Å². The molecule has 0 unspecified atom stereocenters. The highest BCUT2D eigenvalue weighted by Crippen LogP contribution is 2.29. The zero-order valence-corrected chi connectivity index (χ0v) is 13.7. The van der Waals surface area contributed by atoms with Crippen molar-refractivity contribution in [3.8, 4) is 5.75 Å². The number of ether oxygens (including phenoxy) is 1. The fourth-order valence-electron chi connectivity index (χ4n) is 2.10. The Morgan fingerprint density at radius 2 is 1.62 bits per heavy atom. The van der Waals surface area contributed by atoms with E-state index in [1.165, 1.54) is 6.33 Å². The van der Waals surface area contributed by atoms with Crippen LogP contribution in [-0.4, -0.2) is 17.1 Å². The van der Waals surface area contributed by atoms with Crippen molar-refractivity contribution < 1.29 is 4.74 Å². The molecule has 0 saturated carbocycles. The van der Waals surface area contributed by atoms with E-state index in [0.717, 1.165) is 17.1 Å². The van der Waals surface area contributed by atoms with Crippen LogP contribution in [0.15, 0.2) is 54.9 Å². The van der Waals surface area contributed by atoms with Gasteiger partial charge in [-0.25, -0.2) is 9.97 Å². The summed E-state index contributed by atoms with van der Waals surface area (Å²) < 4.78 is 5.21. The van der Waals surface area contributed by atoms with E-state index in [1.807, 2.05) is 36.4 Å². The largest absolute Gasteiger partial charge is 0.497 e. The summed E-state index contributed by atoms with van der Waals surface area (Å²) in [7, 11) is 1.62. The maximum atomic E-state index is 6.17. The molecule has 0 radical (unpaired) electrons. The van der Waals surface area contributed by atoms with E-state index in [9.17, 15) is 0 Å². The highest BCUT2D eigenvalue weighted by molar-refractivity contribution is 6.30. The van der Waals surface area contributed by atoms with Crippen LogP contribution >= 0.6 is 11.6 Å². The SMILES string of the molecule is COc1cccc(Nc2ncnc(Nc3ccc(Cl)cc3)c2N)c1. The van der Waals surface area contributed by atoms with Gasteiger partial charge in [-0.1, -0.05) is 17.7 Å². The second-order valence-corrected chi connectivity index (χ2v) is 5.41. The monoisotopic (exact) mass is 341 g/mol. The van der Waals surface area contributed by atoms with Crippen LogP contribution in [0.5, 0.6) is 5.75 Å². The molecule has 7 heteroatoms. The molecule has 4 N–H and O–H groups in total. The van der Waals surface area contributed by atoms with Crippen molar-refractivity contribution in [2.75, 3.05) is 23.5 Å². The Morgan fingerprint density at radius 3 is 2.29 bits per heavy atom. The van der Waals surface area contributed by atoms with Gasteiger partial charge in [0.25, 0.3) is 0 Å². The molecule has 0 fully saturated rings. The van der Waals surface area contributed by atoms with Gasteiger partial charge in [0.15, 0.2) is 11.6 Å². The van der Waals surface area contributed by atoms with Crippen molar-refractivity contribution in [3.05, 3.63) is 59.9 Å². The van der Waals surface area contributed by atoms with Gasteiger partial charge in [0.05, 0.1) is 7.11 Å². The fraction of sp³-hybridized carbons (Fsp3) is 0.0588. The quantitative estimate of drug-likeness (QED) is 0.644. The molecule has 122 valence electrons.